The molecule has 3 heteroatoms. The Morgan fingerprint density at radius 3 is 2.96 bits per heavy atom. The molecule has 0 saturated carbocycles. The smallest absolute Gasteiger partial charge is 0.148 e. The maximum absolute atomic E-state index is 12.1. The lowest BCUT2D eigenvalue weighted by atomic mass is 9.61. The van der Waals surface area contributed by atoms with E-state index in [1.807, 2.05) is 0 Å². The highest BCUT2D eigenvalue weighted by atomic mass is 16.1. The molecule has 1 aromatic carbocycles. The van der Waals surface area contributed by atoms with Crippen molar-refractivity contribution in [2.24, 2.45) is 5.92 Å². The number of aldehydes is 1. The van der Waals surface area contributed by atoms with Crippen LogP contribution in [0.25, 0.3) is 0 Å². The fourth-order valence-corrected chi connectivity index (χ4v) is 6.37. The number of carbonyl (C=O) groups is 1. The number of nitrogens with zero attached hydrogens (tertiary/aromatic N) is 1. The Morgan fingerprint density at radius 1 is 1.38 bits per heavy atom. The zero-order valence-electron chi connectivity index (χ0n) is 14.5. The van der Waals surface area contributed by atoms with Gasteiger partial charge in [-0.3, -0.25) is 4.79 Å². The minimum Gasteiger partial charge on any atom is -0.357 e. The molecule has 3 aliphatic heterocycles. The fourth-order valence-electron chi connectivity index (χ4n) is 6.37. The van der Waals surface area contributed by atoms with Crippen LogP contribution in [0.2, 0.25) is 0 Å². The summed E-state index contributed by atoms with van der Waals surface area (Å²) in [5.41, 5.74) is 6.41. The highest BCUT2D eigenvalue weighted by Gasteiger charge is 2.67. The van der Waals surface area contributed by atoms with Crippen LogP contribution in [-0.2, 0) is 10.2 Å². The van der Waals surface area contributed by atoms with Crippen molar-refractivity contribution in [3.8, 4) is 0 Å². The van der Waals surface area contributed by atoms with E-state index in [2.05, 4.69) is 49.5 Å². The molecular weight excluding hydrogens is 296 g/mol. The number of rotatable bonds is 2. The number of hydrogen-bond donors (Lipinski definition) is 1. The van der Waals surface area contributed by atoms with E-state index >= 15 is 0 Å². The van der Waals surface area contributed by atoms with Gasteiger partial charge in [-0.2, -0.15) is 0 Å². The molecule has 2 fully saturated rings. The van der Waals surface area contributed by atoms with Crippen molar-refractivity contribution in [2.75, 3.05) is 25.0 Å². The van der Waals surface area contributed by atoms with Gasteiger partial charge in [-0.15, -0.1) is 0 Å². The molecule has 1 spiro atoms. The monoisotopic (exact) mass is 321 g/mol. The summed E-state index contributed by atoms with van der Waals surface area (Å²) in [6, 6.07) is 9.33. The third-order valence-corrected chi connectivity index (χ3v) is 7.49. The number of allylic oxidation sites excluding steroid dienone is 2. The van der Waals surface area contributed by atoms with Crippen molar-refractivity contribution in [1.82, 2.24) is 0 Å². The summed E-state index contributed by atoms with van der Waals surface area (Å²) in [4.78, 5) is 12.1. The van der Waals surface area contributed by atoms with Crippen molar-refractivity contribution < 1.29 is 9.28 Å². The van der Waals surface area contributed by atoms with E-state index < -0.39 is 0 Å². The number of carbonyl (C=O) groups excluding carboxylic acids is 1. The first-order chi connectivity index (χ1) is 11.7. The van der Waals surface area contributed by atoms with Crippen LogP contribution in [0.1, 0.15) is 32.3 Å². The van der Waals surface area contributed by atoms with Gasteiger partial charge in [0.25, 0.3) is 0 Å². The topological polar surface area (TPSA) is 29.1 Å². The molecule has 4 atom stereocenters. The molecule has 4 aliphatic rings. The van der Waals surface area contributed by atoms with E-state index in [0.29, 0.717) is 12.0 Å². The molecule has 0 unspecified atom stereocenters. The largest absolute Gasteiger partial charge is 0.357 e. The van der Waals surface area contributed by atoms with Crippen molar-refractivity contribution in [3.63, 3.8) is 0 Å². The van der Waals surface area contributed by atoms with E-state index in [1.165, 1.54) is 40.1 Å². The van der Waals surface area contributed by atoms with Crippen LogP contribution in [0.5, 0.6) is 0 Å². The summed E-state index contributed by atoms with van der Waals surface area (Å²) >= 11 is 0. The average molecular weight is 321 g/mol. The van der Waals surface area contributed by atoms with Crippen molar-refractivity contribution in [3.05, 3.63) is 52.7 Å². The molecule has 24 heavy (non-hydrogen) atoms. The second-order valence-electron chi connectivity index (χ2n) is 7.92. The van der Waals surface area contributed by atoms with Crippen molar-refractivity contribution in [2.45, 2.75) is 38.1 Å². The average Bonchev–Trinajstić information content (AvgIpc) is 3.15. The Balaban J connectivity index is 1.84. The number of benzene rings is 1. The number of quaternary nitrogens is 1. The van der Waals surface area contributed by atoms with Gasteiger partial charge in [0.2, 0.25) is 0 Å². The fraction of sp³-hybridized carbons (Fsp3) is 0.476. The van der Waals surface area contributed by atoms with Gasteiger partial charge in [-0.25, -0.2) is 0 Å². The zero-order chi connectivity index (χ0) is 16.5. The summed E-state index contributed by atoms with van der Waals surface area (Å²) in [6.07, 6.45) is 5.70. The van der Waals surface area contributed by atoms with Gasteiger partial charge in [0.15, 0.2) is 0 Å². The van der Waals surface area contributed by atoms with Crippen LogP contribution in [-0.4, -0.2) is 36.4 Å². The molecule has 0 amide bonds. The summed E-state index contributed by atoms with van der Waals surface area (Å²) in [7, 11) is 0. The molecule has 124 valence electrons. The molecule has 5 rings (SSSR count). The van der Waals surface area contributed by atoms with Gasteiger partial charge in [-0.05, 0) is 31.1 Å². The molecule has 1 N–H and O–H groups in total. The van der Waals surface area contributed by atoms with Gasteiger partial charge in [-0.1, -0.05) is 24.3 Å². The van der Waals surface area contributed by atoms with Crippen LogP contribution < -0.4 is 5.32 Å². The van der Waals surface area contributed by atoms with Crippen LogP contribution in [0, 0.1) is 5.92 Å². The Kier molecular flexibility index (Phi) is 2.78. The summed E-state index contributed by atoms with van der Waals surface area (Å²) in [5.74, 6) is 0.318. The quantitative estimate of drug-likeness (QED) is 0.514. The molecule has 0 aromatic heterocycles. The number of nitrogens with one attached hydrogen (secondary N) is 1. The molecule has 1 aliphatic carbocycles. The third kappa shape index (κ3) is 1.42. The summed E-state index contributed by atoms with van der Waals surface area (Å²) in [6.45, 7) is 8.01. The lowest BCUT2D eigenvalue weighted by molar-refractivity contribution is -0.940. The van der Waals surface area contributed by atoms with Crippen molar-refractivity contribution >= 4 is 12.0 Å². The first kappa shape index (κ1) is 14.5. The standard InChI is InChI=1S/C21H24N2O/c1-3-14-12-23(4-2)10-9-21-17-7-5-6-8-18(17)22-20(21)16(13-24)15(14)11-19(21)23/h3,5-8,13,15,19H,4,9-12H2,1-2H3/p+1/b14-3+/t15-,19+,21+,23-/m0/s1. The van der Waals surface area contributed by atoms with E-state index in [9.17, 15) is 4.79 Å². The van der Waals surface area contributed by atoms with Gasteiger partial charge in [0.05, 0.1) is 18.5 Å². The predicted molar refractivity (Wildman–Crippen MR) is 95.6 cm³/mol. The van der Waals surface area contributed by atoms with Crippen molar-refractivity contribution in [1.29, 1.82) is 0 Å². The molecular formula is C21H25N2O+. The van der Waals surface area contributed by atoms with E-state index in [0.717, 1.165) is 31.2 Å². The van der Waals surface area contributed by atoms with E-state index in [4.69, 9.17) is 0 Å². The molecule has 0 radical (unpaired) electrons. The van der Waals surface area contributed by atoms with Crippen LogP contribution in [0.4, 0.5) is 5.69 Å². The lowest BCUT2D eigenvalue weighted by Gasteiger charge is -2.53. The van der Waals surface area contributed by atoms with Crippen LogP contribution in [0.15, 0.2) is 47.2 Å². The third-order valence-electron chi connectivity index (χ3n) is 7.49. The number of hydrogen-bond acceptors (Lipinski definition) is 2. The Labute approximate surface area is 143 Å². The number of likely N-dealkylation sites (N-methyl/N-ethyl adjacent to an activating group) is 1. The van der Waals surface area contributed by atoms with Crippen LogP contribution in [0.3, 0.4) is 0 Å². The zero-order valence-corrected chi connectivity index (χ0v) is 14.5. The maximum Gasteiger partial charge on any atom is 0.148 e. The second kappa shape index (κ2) is 4.60. The van der Waals surface area contributed by atoms with Gasteiger partial charge < -0.3 is 9.80 Å². The highest BCUT2D eigenvalue weighted by molar-refractivity contribution is 5.84. The molecule has 3 heterocycles. The first-order valence-corrected chi connectivity index (χ1v) is 9.27. The number of para-hydroxylation sites is 1. The Hall–Kier alpha value is -1.87. The van der Waals surface area contributed by atoms with E-state index in [1.54, 1.807) is 0 Å². The second-order valence-corrected chi connectivity index (χ2v) is 7.92. The van der Waals surface area contributed by atoms with E-state index in [-0.39, 0.29) is 5.41 Å². The number of piperidine rings is 1. The Bertz CT molecular complexity index is 808. The SMILES string of the molecule is C/C=C1\C[N@+]2(CC)CC[C@]34C(=C(C=O)[C@H]1C[C@H]32)Nc1ccccc14. The highest BCUT2D eigenvalue weighted by Crippen LogP contribution is 2.63. The lowest BCUT2D eigenvalue weighted by Crippen LogP contribution is -2.63. The first-order valence-electron chi connectivity index (χ1n) is 9.27. The molecule has 2 saturated heterocycles. The Morgan fingerprint density at radius 2 is 2.21 bits per heavy atom. The molecule has 2 bridgehead atoms. The normalized spacial score (nSPS) is 40.3. The molecule has 1 aromatic rings. The minimum atomic E-state index is 0.0403. The molecule has 3 nitrogen and oxygen atoms in total. The van der Waals surface area contributed by atoms with Crippen LogP contribution >= 0.6 is 0 Å². The predicted octanol–water partition coefficient (Wildman–Crippen LogP) is 3.39. The summed E-state index contributed by atoms with van der Waals surface area (Å²) in [5, 5.41) is 3.68. The van der Waals surface area contributed by atoms with Gasteiger partial charge in [0.1, 0.15) is 18.9 Å². The minimum absolute atomic E-state index is 0.0403. The van der Waals surface area contributed by atoms with Gasteiger partial charge in [0, 0.05) is 35.7 Å². The number of fused-ring (bicyclic) bond motifs is 2. The van der Waals surface area contributed by atoms with Gasteiger partial charge >= 0.3 is 0 Å². The maximum atomic E-state index is 12.1. The summed E-state index contributed by atoms with van der Waals surface area (Å²) < 4.78 is 1.20. The number of anilines is 1.